The molecule has 18 heavy (non-hydrogen) atoms. The number of aryl methyl sites for hydroxylation is 2. The number of thiazole rings is 1. The predicted octanol–water partition coefficient (Wildman–Crippen LogP) is 3.58. The van der Waals surface area contributed by atoms with Crippen molar-refractivity contribution in [2.45, 2.75) is 33.2 Å². The Labute approximate surface area is 113 Å². The first-order valence-electron chi connectivity index (χ1n) is 6.29. The van der Waals surface area contributed by atoms with Gasteiger partial charge in [-0.2, -0.15) is 0 Å². The molecule has 1 atom stereocenters. The average Bonchev–Trinajstić information content (AvgIpc) is 2.81. The van der Waals surface area contributed by atoms with Crippen molar-refractivity contribution >= 4 is 11.3 Å². The second-order valence-electron chi connectivity index (χ2n) is 4.82. The summed E-state index contributed by atoms with van der Waals surface area (Å²) in [7, 11) is 1.99. The Morgan fingerprint density at radius 3 is 2.72 bits per heavy atom. The number of rotatable bonds is 4. The van der Waals surface area contributed by atoms with Crippen molar-refractivity contribution in [3.63, 3.8) is 0 Å². The van der Waals surface area contributed by atoms with Crippen LogP contribution in [0.3, 0.4) is 0 Å². The molecule has 0 amide bonds. The Kier molecular flexibility index (Phi) is 4.15. The Bertz CT molecular complexity index is 531. The molecule has 1 aromatic carbocycles. The van der Waals surface area contributed by atoms with Crippen molar-refractivity contribution in [3.05, 3.63) is 39.7 Å². The first-order chi connectivity index (χ1) is 8.60. The van der Waals surface area contributed by atoms with E-state index in [1.165, 1.54) is 21.7 Å². The van der Waals surface area contributed by atoms with Crippen molar-refractivity contribution in [1.82, 2.24) is 10.3 Å². The lowest BCUT2D eigenvalue weighted by Gasteiger charge is -2.06. The third kappa shape index (κ3) is 2.98. The van der Waals surface area contributed by atoms with E-state index in [9.17, 15) is 0 Å². The smallest absolute Gasteiger partial charge is 0.0948 e. The molecule has 0 spiro atoms. The summed E-state index contributed by atoms with van der Waals surface area (Å²) < 4.78 is 0. The maximum absolute atomic E-state index is 4.72. The van der Waals surface area contributed by atoms with Gasteiger partial charge in [0.1, 0.15) is 0 Å². The summed E-state index contributed by atoms with van der Waals surface area (Å²) in [6.45, 7) is 6.46. The minimum Gasteiger partial charge on any atom is -0.317 e. The summed E-state index contributed by atoms with van der Waals surface area (Å²) in [5, 5.41) is 6.60. The largest absolute Gasteiger partial charge is 0.317 e. The summed E-state index contributed by atoms with van der Waals surface area (Å²) in [5.74, 6) is 0. The van der Waals surface area contributed by atoms with Crippen LogP contribution < -0.4 is 5.32 Å². The Morgan fingerprint density at radius 1 is 1.28 bits per heavy atom. The molecule has 0 radical (unpaired) electrons. The van der Waals surface area contributed by atoms with E-state index in [0.717, 1.165) is 12.1 Å². The van der Waals surface area contributed by atoms with Gasteiger partial charge in [-0.25, -0.2) is 4.98 Å². The van der Waals surface area contributed by atoms with Gasteiger partial charge < -0.3 is 5.32 Å². The molecule has 96 valence electrons. The van der Waals surface area contributed by atoms with Gasteiger partial charge in [0.15, 0.2) is 0 Å². The summed E-state index contributed by atoms with van der Waals surface area (Å²) in [5.41, 5.74) is 4.97. The molecule has 0 saturated carbocycles. The van der Waals surface area contributed by atoms with Gasteiger partial charge in [-0.15, -0.1) is 11.3 Å². The number of nitrogens with zero attached hydrogens (tertiary/aromatic N) is 1. The fourth-order valence-corrected chi connectivity index (χ4v) is 2.74. The van der Waals surface area contributed by atoms with Crippen LogP contribution in [0.15, 0.2) is 23.6 Å². The molecule has 0 bridgehead atoms. The van der Waals surface area contributed by atoms with Crippen LogP contribution in [0, 0.1) is 13.8 Å². The molecule has 0 fully saturated rings. The van der Waals surface area contributed by atoms with Crippen LogP contribution in [0.4, 0.5) is 0 Å². The van der Waals surface area contributed by atoms with E-state index < -0.39 is 0 Å². The summed E-state index contributed by atoms with van der Waals surface area (Å²) in [4.78, 5) is 4.72. The monoisotopic (exact) mass is 260 g/mol. The van der Waals surface area contributed by atoms with Crippen LogP contribution in [-0.2, 0) is 6.42 Å². The topological polar surface area (TPSA) is 24.9 Å². The number of aromatic nitrogens is 1. The Hall–Kier alpha value is -1.19. The van der Waals surface area contributed by atoms with E-state index in [4.69, 9.17) is 4.98 Å². The molecule has 0 aliphatic carbocycles. The normalized spacial score (nSPS) is 12.7. The minimum atomic E-state index is 0.476. The lowest BCUT2D eigenvalue weighted by molar-refractivity contribution is 0.607. The van der Waals surface area contributed by atoms with E-state index >= 15 is 0 Å². The number of likely N-dealkylation sites (N-methyl/N-ethyl adjacent to an activating group) is 1. The van der Waals surface area contributed by atoms with Gasteiger partial charge in [0, 0.05) is 23.4 Å². The molecule has 2 aromatic rings. The van der Waals surface area contributed by atoms with Gasteiger partial charge in [-0.05, 0) is 45.0 Å². The van der Waals surface area contributed by atoms with Crippen LogP contribution in [0.1, 0.15) is 23.1 Å². The molecular weight excluding hydrogens is 240 g/mol. The fraction of sp³-hybridized carbons (Fsp3) is 0.400. The van der Waals surface area contributed by atoms with Crippen molar-refractivity contribution in [2.24, 2.45) is 0 Å². The van der Waals surface area contributed by atoms with Crippen LogP contribution in [0.5, 0.6) is 0 Å². The van der Waals surface area contributed by atoms with Crippen molar-refractivity contribution in [2.75, 3.05) is 7.05 Å². The van der Waals surface area contributed by atoms with Gasteiger partial charge in [0.25, 0.3) is 0 Å². The zero-order valence-electron chi connectivity index (χ0n) is 11.4. The van der Waals surface area contributed by atoms with E-state index in [-0.39, 0.29) is 0 Å². The summed E-state index contributed by atoms with van der Waals surface area (Å²) >= 11 is 1.75. The molecule has 1 unspecified atom stereocenters. The highest BCUT2D eigenvalue weighted by atomic mass is 32.1. The van der Waals surface area contributed by atoms with E-state index in [0.29, 0.717) is 6.04 Å². The number of benzene rings is 1. The maximum Gasteiger partial charge on any atom is 0.0948 e. The molecule has 0 aliphatic rings. The fourth-order valence-electron chi connectivity index (χ4n) is 1.80. The van der Waals surface area contributed by atoms with Crippen LogP contribution in [-0.4, -0.2) is 18.1 Å². The molecule has 3 heteroatoms. The van der Waals surface area contributed by atoms with Crippen LogP contribution >= 0.6 is 11.3 Å². The van der Waals surface area contributed by atoms with Crippen molar-refractivity contribution < 1.29 is 0 Å². The van der Waals surface area contributed by atoms with E-state index in [1.54, 1.807) is 11.3 Å². The Morgan fingerprint density at radius 2 is 2.06 bits per heavy atom. The Balaban J connectivity index is 2.21. The standard InChI is InChI=1S/C15H20N2S/c1-10-5-6-13(7-11(10)2)14-9-18-15(17-14)8-12(3)16-4/h5-7,9,12,16H,8H2,1-4H3. The molecule has 1 N–H and O–H groups in total. The zero-order valence-corrected chi connectivity index (χ0v) is 12.3. The van der Waals surface area contributed by atoms with Crippen molar-refractivity contribution in [1.29, 1.82) is 0 Å². The molecule has 1 heterocycles. The van der Waals surface area contributed by atoms with Gasteiger partial charge in [0.05, 0.1) is 10.7 Å². The molecule has 0 saturated heterocycles. The zero-order chi connectivity index (χ0) is 13.1. The van der Waals surface area contributed by atoms with Gasteiger partial charge in [-0.3, -0.25) is 0 Å². The number of hydrogen-bond acceptors (Lipinski definition) is 3. The van der Waals surface area contributed by atoms with Crippen molar-refractivity contribution in [3.8, 4) is 11.3 Å². The first-order valence-corrected chi connectivity index (χ1v) is 7.17. The second kappa shape index (κ2) is 5.63. The third-order valence-corrected chi connectivity index (χ3v) is 4.20. The molecule has 0 aliphatic heterocycles. The average molecular weight is 260 g/mol. The van der Waals surface area contributed by atoms with Gasteiger partial charge >= 0.3 is 0 Å². The third-order valence-electron chi connectivity index (χ3n) is 3.33. The molecule has 2 nitrogen and oxygen atoms in total. The quantitative estimate of drug-likeness (QED) is 0.909. The van der Waals surface area contributed by atoms with Crippen LogP contribution in [0.2, 0.25) is 0 Å². The first kappa shape index (κ1) is 13.2. The molecular formula is C15H20N2S. The predicted molar refractivity (Wildman–Crippen MR) is 79.2 cm³/mol. The van der Waals surface area contributed by atoms with E-state index in [1.807, 2.05) is 7.05 Å². The lowest BCUT2D eigenvalue weighted by Crippen LogP contribution is -2.23. The molecule has 2 rings (SSSR count). The highest BCUT2D eigenvalue weighted by Gasteiger charge is 2.08. The van der Waals surface area contributed by atoms with Crippen LogP contribution in [0.25, 0.3) is 11.3 Å². The summed E-state index contributed by atoms with van der Waals surface area (Å²) in [6, 6.07) is 7.02. The van der Waals surface area contributed by atoms with E-state index in [2.05, 4.69) is 49.7 Å². The number of hydrogen-bond donors (Lipinski definition) is 1. The highest BCUT2D eigenvalue weighted by Crippen LogP contribution is 2.24. The maximum atomic E-state index is 4.72. The number of nitrogens with one attached hydrogen (secondary N) is 1. The SMILES string of the molecule is CNC(C)Cc1nc(-c2ccc(C)c(C)c2)cs1. The highest BCUT2D eigenvalue weighted by molar-refractivity contribution is 7.09. The molecule has 1 aromatic heterocycles. The van der Waals surface area contributed by atoms with Gasteiger partial charge in [-0.1, -0.05) is 12.1 Å². The summed E-state index contributed by atoms with van der Waals surface area (Å²) in [6.07, 6.45) is 0.992. The second-order valence-corrected chi connectivity index (χ2v) is 5.76. The lowest BCUT2D eigenvalue weighted by atomic mass is 10.1. The minimum absolute atomic E-state index is 0.476. The van der Waals surface area contributed by atoms with Gasteiger partial charge in [0.2, 0.25) is 0 Å².